The van der Waals surface area contributed by atoms with Gasteiger partial charge in [0.05, 0.1) is 24.3 Å². The number of aryl methyl sites for hydroxylation is 1. The van der Waals surface area contributed by atoms with Crippen LogP contribution in [0.2, 0.25) is 0 Å². The molecule has 2 aliphatic rings. The number of fused-ring (bicyclic) bond motifs is 2. The van der Waals surface area contributed by atoms with E-state index in [-0.39, 0.29) is 11.7 Å². The summed E-state index contributed by atoms with van der Waals surface area (Å²) < 4.78 is 11.3. The number of hydrogen-bond donors (Lipinski definition) is 1. The molecule has 1 fully saturated rings. The van der Waals surface area contributed by atoms with Crippen LogP contribution in [0.5, 0.6) is 0 Å². The van der Waals surface area contributed by atoms with Gasteiger partial charge in [0, 0.05) is 6.54 Å². The first-order chi connectivity index (χ1) is 11.2. The standard InChI is InChI=1S/C18H23NO5/c1-17(2,3)24-16(22)19-8-9-23-11-18(19)7-6-12-10-13(15(20)21)4-5-14(12)18/h4-5,10H,6-9,11H2,1-3H3,(H,20,21)/t18-/m0/s1. The summed E-state index contributed by atoms with van der Waals surface area (Å²) in [6, 6.07) is 5.11. The molecule has 1 atom stereocenters. The van der Waals surface area contributed by atoms with Crippen LogP contribution >= 0.6 is 0 Å². The molecule has 24 heavy (non-hydrogen) atoms. The van der Waals surface area contributed by atoms with Crippen molar-refractivity contribution in [1.29, 1.82) is 0 Å². The van der Waals surface area contributed by atoms with Gasteiger partial charge in [0.15, 0.2) is 0 Å². The number of aromatic carboxylic acids is 1. The second-order valence-corrected chi connectivity index (χ2v) is 7.39. The molecule has 1 aromatic carbocycles. The van der Waals surface area contributed by atoms with Gasteiger partial charge >= 0.3 is 12.1 Å². The van der Waals surface area contributed by atoms with Crippen LogP contribution in [0, 0.1) is 0 Å². The topological polar surface area (TPSA) is 76.1 Å². The molecule has 0 aromatic heterocycles. The minimum Gasteiger partial charge on any atom is -0.478 e. The van der Waals surface area contributed by atoms with E-state index in [0.29, 0.717) is 26.2 Å². The van der Waals surface area contributed by atoms with Crippen LogP contribution in [0.25, 0.3) is 0 Å². The number of amides is 1. The highest BCUT2D eigenvalue weighted by Gasteiger charge is 2.49. The van der Waals surface area contributed by atoms with Gasteiger partial charge in [-0.2, -0.15) is 0 Å². The minimum atomic E-state index is -0.942. The van der Waals surface area contributed by atoms with Crippen molar-refractivity contribution in [3.63, 3.8) is 0 Å². The fourth-order valence-electron chi connectivity index (χ4n) is 3.57. The highest BCUT2D eigenvalue weighted by Crippen LogP contribution is 2.44. The lowest BCUT2D eigenvalue weighted by Gasteiger charge is -2.45. The molecule has 0 unspecified atom stereocenters. The van der Waals surface area contributed by atoms with Crippen LogP contribution in [-0.2, 0) is 21.4 Å². The first-order valence-corrected chi connectivity index (χ1v) is 8.18. The maximum Gasteiger partial charge on any atom is 0.411 e. The van der Waals surface area contributed by atoms with E-state index in [4.69, 9.17) is 9.47 Å². The van der Waals surface area contributed by atoms with Gasteiger partial charge in [-0.25, -0.2) is 9.59 Å². The van der Waals surface area contributed by atoms with Crippen LogP contribution in [0.4, 0.5) is 4.79 Å². The minimum absolute atomic E-state index is 0.270. The zero-order chi connectivity index (χ0) is 17.5. The second-order valence-electron chi connectivity index (χ2n) is 7.39. The van der Waals surface area contributed by atoms with Crippen LogP contribution in [0.1, 0.15) is 48.7 Å². The number of carbonyl (C=O) groups is 2. The maximum absolute atomic E-state index is 12.7. The number of rotatable bonds is 1. The van der Waals surface area contributed by atoms with E-state index in [1.165, 1.54) is 0 Å². The van der Waals surface area contributed by atoms with Gasteiger partial charge in [0.25, 0.3) is 0 Å². The molecule has 1 aromatic rings. The van der Waals surface area contributed by atoms with E-state index in [0.717, 1.165) is 17.5 Å². The monoisotopic (exact) mass is 333 g/mol. The molecule has 1 heterocycles. The molecule has 130 valence electrons. The third-order valence-corrected chi connectivity index (χ3v) is 4.59. The van der Waals surface area contributed by atoms with Crippen molar-refractivity contribution >= 4 is 12.1 Å². The van der Waals surface area contributed by atoms with Crippen LogP contribution in [0.15, 0.2) is 18.2 Å². The molecule has 1 amide bonds. The predicted molar refractivity (Wildman–Crippen MR) is 87.2 cm³/mol. The van der Waals surface area contributed by atoms with Crippen LogP contribution in [-0.4, -0.2) is 47.4 Å². The van der Waals surface area contributed by atoms with Crippen LogP contribution in [0.3, 0.4) is 0 Å². The van der Waals surface area contributed by atoms with E-state index in [1.54, 1.807) is 17.0 Å². The molecule has 0 radical (unpaired) electrons. The Morgan fingerprint density at radius 2 is 2.08 bits per heavy atom. The summed E-state index contributed by atoms with van der Waals surface area (Å²) in [6.07, 6.45) is 1.09. The molecule has 1 saturated heterocycles. The SMILES string of the molecule is CC(C)(C)OC(=O)N1CCOC[C@]12CCc1cc(C(=O)O)ccc12. The van der Waals surface area contributed by atoms with Gasteiger partial charge < -0.3 is 14.6 Å². The first-order valence-electron chi connectivity index (χ1n) is 8.18. The number of nitrogens with zero attached hydrogens (tertiary/aromatic N) is 1. The van der Waals surface area contributed by atoms with Crippen molar-refractivity contribution in [3.8, 4) is 0 Å². The van der Waals surface area contributed by atoms with Crippen molar-refractivity contribution in [2.24, 2.45) is 0 Å². The van der Waals surface area contributed by atoms with E-state index >= 15 is 0 Å². The molecule has 1 spiro atoms. The summed E-state index contributed by atoms with van der Waals surface area (Å²) in [5.74, 6) is -0.942. The van der Waals surface area contributed by atoms with Crippen molar-refractivity contribution in [1.82, 2.24) is 4.90 Å². The highest BCUT2D eigenvalue weighted by atomic mass is 16.6. The Kier molecular flexibility index (Phi) is 4.03. The second kappa shape index (κ2) is 5.77. The fourth-order valence-corrected chi connectivity index (χ4v) is 3.57. The van der Waals surface area contributed by atoms with Crippen molar-refractivity contribution in [3.05, 3.63) is 34.9 Å². The normalized spacial score (nSPS) is 23.2. The zero-order valence-electron chi connectivity index (χ0n) is 14.3. The Morgan fingerprint density at radius 1 is 1.33 bits per heavy atom. The molecule has 1 aliphatic heterocycles. The Morgan fingerprint density at radius 3 is 2.75 bits per heavy atom. The van der Waals surface area contributed by atoms with E-state index in [9.17, 15) is 14.7 Å². The van der Waals surface area contributed by atoms with Crippen molar-refractivity contribution in [2.45, 2.75) is 44.8 Å². The Labute approximate surface area is 141 Å². The highest BCUT2D eigenvalue weighted by molar-refractivity contribution is 5.88. The Balaban J connectivity index is 1.97. The molecule has 1 aliphatic carbocycles. The number of carboxylic acid groups (broad SMARTS) is 1. The molecule has 0 saturated carbocycles. The summed E-state index contributed by atoms with van der Waals surface area (Å²) in [4.78, 5) is 25.7. The molecule has 0 bridgehead atoms. The van der Waals surface area contributed by atoms with Gasteiger partial charge in [0.2, 0.25) is 0 Å². The van der Waals surface area contributed by atoms with Crippen molar-refractivity contribution < 1.29 is 24.2 Å². The molecular formula is C18H23NO5. The van der Waals surface area contributed by atoms with E-state index < -0.39 is 17.1 Å². The lowest BCUT2D eigenvalue weighted by molar-refractivity contribution is -0.0778. The largest absolute Gasteiger partial charge is 0.478 e. The summed E-state index contributed by atoms with van der Waals surface area (Å²) >= 11 is 0. The Bertz CT molecular complexity index is 678. The summed E-state index contributed by atoms with van der Waals surface area (Å²) in [7, 11) is 0. The maximum atomic E-state index is 12.7. The molecule has 1 N–H and O–H groups in total. The lowest BCUT2D eigenvalue weighted by Crippen LogP contribution is -2.56. The average Bonchev–Trinajstić information content (AvgIpc) is 2.84. The van der Waals surface area contributed by atoms with Gasteiger partial charge in [-0.05, 0) is 56.9 Å². The van der Waals surface area contributed by atoms with Gasteiger partial charge in [-0.3, -0.25) is 4.90 Å². The number of benzene rings is 1. The number of carbonyl (C=O) groups excluding carboxylic acids is 1. The van der Waals surface area contributed by atoms with Gasteiger partial charge in [0.1, 0.15) is 5.60 Å². The fraction of sp³-hybridized carbons (Fsp3) is 0.556. The van der Waals surface area contributed by atoms with Crippen molar-refractivity contribution in [2.75, 3.05) is 19.8 Å². The lowest BCUT2D eigenvalue weighted by atomic mass is 9.89. The number of hydrogen-bond acceptors (Lipinski definition) is 4. The predicted octanol–water partition coefficient (Wildman–Crippen LogP) is 2.79. The smallest absolute Gasteiger partial charge is 0.411 e. The molecule has 3 rings (SSSR count). The Hall–Kier alpha value is -2.08. The van der Waals surface area contributed by atoms with Crippen LogP contribution < -0.4 is 0 Å². The first kappa shape index (κ1) is 16.8. The van der Waals surface area contributed by atoms with Gasteiger partial charge in [-0.1, -0.05) is 6.07 Å². The number of morpholine rings is 1. The number of carboxylic acids is 1. The summed E-state index contributed by atoms with van der Waals surface area (Å²) in [5, 5.41) is 9.18. The molecule has 6 heteroatoms. The summed E-state index contributed by atoms with van der Waals surface area (Å²) in [6.45, 7) is 6.89. The van der Waals surface area contributed by atoms with E-state index in [1.807, 2.05) is 26.8 Å². The summed E-state index contributed by atoms with van der Waals surface area (Å²) in [5.41, 5.74) is 1.08. The third-order valence-electron chi connectivity index (χ3n) is 4.59. The zero-order valence-corrected chi connectivity index (χ0v) is 14.3. The van der Waals surface area contributed by atoms with Gasteiger partial charge in [-0.15, -0.1) is 0 Å². The van der Waals surface area contributed by atoms with E-state index in [2.05, 4.69) is 0 Å². The molecule has 6 nitrogen and oxygen atoms in total. The average molecular weight is 333 g/mol. The molecular weight excluding hydrogens is 310 g/mol. The quantitative estimate of drug-likeness (QED) is 0.855. The third kappa shape index (κ3) is 2.86. The number of ether oxygens (including phenoxy) is 2.